The Labute approximate surface area is 131 Å². The highest BCUT2D eigenvalue weighted by atomic mass is 16.6. The number of amidine groups is 1. The Hall–Kier alpha value is -2.44. The number of nitrogens with two attached hydrogens (primary N) is 1. The molecule has 0 amide bonds. The number of hydrogen-bond acceptors (Lipinski definition) is 6. The zero-order chi connectivity index (χ0) is 15.9. The quantitative estimate of drug-likeness (QED) is 0.305. The van der Waals surface area contributed by atoms with Gasteiger partial charge in [-0.1, -0.05) is 10.7 Å². The molecule has 5 N–H and O–H groups in total. The van der Waals surface area contributed by atoms with Crippen LogP contribution in [-0.2, 0) is 4.84 Å². The normalized spacial score (nSPS) is 19.6. The summed E-state index contributed by atoms with van der Waals surface area (Å²) >= 11 is 0. The Morgan fingerprint density at radius 3 is 3.05 bits per heavy atom. The number of hydrogen-bond donors (Lipinski definition) is 4. The van der Waals surface area contributed by atoms with Crippen molar-refractivity contribution in [3.05, 3.63) is 35.4 Å². The van der Waals surface area contributed by atoms with Gasteiger partial charge < -0.3 is 31.5 Å². The van der Waals surface area contributed by atoms with Crippen LogP contribution in [0.4, 0.5) is 0 Å². The molecule has 0 aromatic carbocycles. The predicted octanol–water partition coefficient (Wildman–Crippen LogP) is 1.05. The number of nitrogens with one attached hydrogen (secondary N) is 3. The highest BCUT2D eigenvalue weighted by molar-refractivity contribution is 5.96. The Balaban J connectivity index is 1.87. The zero-order valence-corrected chi connectivity index (χ0v) is 13.1. The van der Waals surface area contributed by atoms with Crippen LogP contribution >= 0.6 is 0 Å². The lowest BCUT2D eigenvalue weighted by molar-refractivity contribution is 0.213. The molecule has 1 heterocycles. The first-order valence-corrected chi connectivity index (χ1v) is 7.33. The van der Waals surface area contributed by atoms with Crippen molar-refractivity contribution in [3.8, 4) is 0 Å². The summed E-state index contributed by atoms with van der Waals surface area (Å²) in [6, 6.07) is 0. The molecule has 0 bridgehead atoms. The molecular weight excluding hydrogens is 280 g/mol. The summed E-state index contributed by atoms with van der Waals surface area (Å²) in [6.45, 7) is 3.56. The Kier molecular flexibility index (Phi) is 5.46. The lowest BCUT2D eigenvalue weighted by atomic mass is 10.2. The molecule has 0 aromatic rings. The van der Waals surface area contributed by atoms with Crippen molar-refractivity contribution < 1.29 is 4.84 Å². The third-order valence-corrected chi connectivity index (χ3v) is 3.54. The largest absolute Gasteiger partial charge is 0.397 e. The summed E-state index contributed by atoms with van der Waals surface area (Å²) in [5, 5.41) is 17.4. The van der Waals surface area contributed by atoms with Gasteiger partial charge >= 0.3 is 0 Å². The van der Waals surface area contributed by atoms with Crippen molar-refractivity contribution >= 4 is 12.1 Å². The van der Waals surface area contributed by atoms with E-state index >= 15 is 0 Å². The molecule has 1 aliphatic heterocycles. The molecule has 0 unspecified atom stereocenters. The molecule has 1 aliphatic carbocycles. The van der Waals surface area contributed by atoms with Gasteiger partial charge in [-0.15, -0.1) is 0 Å². The molecule has 0 spiro atoms. The first-order chi connectivity index (χ1) is 10.6. The second-order valence-electron chi connectivity index (χ2n) is 5.45. The van der Waals surface area contributed by atoms with Gasteiger partial charge in [0.15, 0.2) is 5.84 Å². The van der Waals surface area contributed by atoms with E-state index in [1.165, 1.54) is 31.7 Å². The van der Waals surface area contributed by atoms with Gasteiger partial charge in [-0.3, -0.25) is 0 Å². The lowest BCUT2D eigenvalue weighted by Crippen LogP contribution is -2.25. The van der Waals surface area contributed by atoms with Crippen LogP contribution in [0.3, 0.4) is 0 Å². The van der Waals surface area contributed by atoms with E-state index in [1.807, 2.05) is 0 Å². The van der Waals surface area contributed by atoms with E-state index in [4.69, 9.17) is 11.1 Å². The average Bonchev–Trinajstić information content (AvgIpc) is 3.25. The Bertz CT molecular complexity index is 530. The molecule has 0 aromatic heterocycles. The van der Waals surface area contributed by atoms with Crippen molar-refractivity contribution in [2.45, 2.75) is 19.8 Å². The predicted molar refractivity (Wildman–Crippen MR) is 87.9 cm³/mol. The van der Waals surface area contributed by atoms with Crippen LogP contribution in [0.15, 0.2) is 40.6 Å². The zero-order valence-electron chi connectivity index (χ0n) is 13.1. The molecule has 0 atom stereocenters. The van der Waals surface area contributed by atoms with Gasteiger partial charge in [0.1, 0.15) is 7.11 Å². The fourth-order valence-corrected chi connectivity index (χ4v) is 2.21. The van der Waals surface area contributed by atoms with Gasteiger partial charge in [0.05, 0.1) is 18.9 Å². The highest BCUT2D eigenvalue weighted by Gasteiger charge is 2.23. The lowest BCUT2D eigenvalue weighted by Gasteiger charge is -2.09. The number of nitrogens with zero attached hydrogens (tertiary/aromatic N) is 2. The summed E-state index contributed by atoms with van der Waals surface area (Å²) in [4.78, 5) is 6.73. The maximum absolute atomic E-state index is 7.38. The number of allylic oxidation sites excluding steroid dienone is 2. The van der Waals surface area contributed by atoms with Crippen molar-refractivity contribution in [2.24, 2.45) is 16.8 Å². The topological polar surface area (TPSA) is 98.8 Å². The van der Waals surface area contributed by atoms with E-state index in [0.29, 0.717) is 12.2 Å². The van der Waals surface area contributed by atoms with Crippen molar-refractivity contribution in [1.82, 2.24) is 15.5 Å². The van der Waals surface area contributed by atoms with Gasteiger partial charge in [-0.05, 0) is 25.7 Å². The molecule has 2 aliphatic rings. The molecule has 1 fully saturated rings. The third kappa shape index (κ3) is 4.83. The fraction of sp³-hybridized carbons (Fsp3) is 0.467. The van der Waals surface area contributed by atoms with Crippen LogP contribution in [0.1, 0.15) is 19.8 Å². The third-order valence-electron chi connectivity index (χ3n) is 3.54. The van der Waals surface area contributed by atoms with Gasteiger partial charge in [-0.25, -0.2) is 0 Å². The SMILES string of the molecule is CO/N=C(N)/C=C(\C=N)NCC1=CN(/C=C(\C)C2CC2)CN1. The molecule has 1 saturated carbocycles. The van der Waals surface area contributed by atoms with Crippen LogP contribution in [0.25, 0.3) is 0 Å². The molecule has 2 rings (SSSR count). The number of oxime groups is 1. The summed E-state index contributed by atoms with van der Waals surface area (Å²) in [5.41, 5.74) is 8.69. The summed E-state index contributed by atoms with van der Waals surface area (Å²) < 4.78 is 0. The van der Waals surface area contributed by atoms with E-state index in [0.717, 1.165) is 18.3 Å². The van der Waals surface area contributed by atoms with Gasteiger partial charge in [0, 0.05) is 30.4 Å². The van der Waals surface area contributed by atoms with Crippen LogP contribution in [-0.4, -0.2) is 37.3 Å². The van der Waals surface area contributed by atoms with Crippen LogP contribution in [0.5, 0.6) is 0 Å². The Morgan fingerprint density at radius 2 is 2.41 bits per heavy atom. The molecule has 22 heavy (non-hydrogen) atoms. The molecule has 7 heteroatoms. The van der Waals surface area contributed by atoms with Crippen molar-refractivity contribution in [3.63, 3.8) is 0 Å². The van der Waals surface area contributed by atoms with E-state index in [-0.39, 0.29) is 5.84 Å². The standard InChI is InChI=1S/C15H24N6O/c1-11(12-3-4-12)8-21-9-14(19-10-21)7-18-13(6-16)5-15(17)20-22-2/h5-6,8-9,12,16,18-19H,3-4,7,10H2,1-2H3,(H2,17,20)/b11-8+,13-5+,16-6?. The van der Waals surface area contributed by atoms with Crippen LogP contribution in [0, 0.1) is 11.3 Å². The van der Waals surface area contributed by atoms with E-state index in [1.54, 1.807) is 6.08 Å². The van der Waals surface area contributed by atoms with E-state index < -0.39 is 0 Å². The van der Waals surface area contributed by atoms with Crippen LogP contribution in [0.2, 0.25) is 0 Å². The first-order valence-electron chi connectivity index (χ1n) is 7.33. The molecule has 0 saturated heterocycles. The second kappa shape index (κ2) is 7.53. The molecule has 120 valence electrons. The monoisotopic (exact) mass is 304 g/mol. The summed E-state index contributed by atoms with van der Waals surface area (Å²) in [6.07, 6.45) is 9.67. The molecular formula is C15H24N6O. The fourth-order valence-electron chi connectivity index (χ4n) is 2.21. The van der Waals surface area contributed by atoms with Crippen LogP contribution < -0.4 is 16.4 Å². The molecule has 0 radical (unpaired) electrons. The minimum absolute atomic E-state index is 0.214. The Morgan fingerprint density at radius 1 is 1.64 bits per heavy atom. The summed E-state index contributed by atoms with van der Waals surface area (Å²) in [7, 11) is 1.43. The second-order valence-corrected chi connectivity index (χ2v) is 5.45. The van der Waals surface area contributed by atoms with E-state index in [2.05, 4.69) is 44.9 Å². The van der Waals surface area contributed by atoms with Gasteiger partial charge in [-0.2, -0.15) is 0 Å². The highest BCUT2D eigenvalue weighted by Crippen LogP contribution is 2.36. The minimum Gasteiger partial charge on any atom is -0.397 e. The van der Waals surface area contributed by atoms with Gasteiger partial charge in [0.25, 0.3) is 0 Å². The van der Waals surface area contributed by atoms with E-state index in [9.17, 15) is 0 Å². The average molecular weight is 304 g/mol. The summed E-state index contributed by atoms with van der Waals surface area (Å²) in [5.74, 6) is 0.998. The first kappa shape index (κ1) is 15.9. The smallest absolute Gasteiger partial charge is 0.165 e. The van der Waals surface area contributed by atoms with Crippen molar-refractivity contribution in [1.29, 1.82) is 5.41 Å². The minimum atomic E-state index is 0.214. The maximum atomic E-state index is 7.38. The van der Waals surface area contributed by atoms with Gasteiger partial charge in [0.2, 0.25) is 0 Å². The van der Waals surface area contributed by atoms with Crippen molar-refractivity contribution in [2.75, 3.05) is 20.3 Å². The number of rotatable bonds is 8. The maximum Gasteiger partial charge on any atom is 0.165 e. The molecule has 7 nitrogen and oxygen atoms in total.